The second kappa shape index (κ2) is 4.96. The fraction of sp³-hybridized carbons (Fsp3) is 0.250. The maximum atomic E-state index is 11.8. The van der Waals surface area contributed by atoms with E-state index in [1.807, 2.05) is 36.5 Å². The van der Waals surface area contributed by atoms with Crippen molar-refractivity contribution in [3.8, 4) is 0 Å². The van der Waals surface area contributed by atoms with Crippen LogP contribution in [0.5, 0.6) is 0 Å². The lowest BCUT2D eigenvalue weighted by Gasteiger charge is -2.08. The second-order valence-corrected chi connectivity index (χ2v) is 4.87. The second-order valence-electron chi connectivity index (χ2n) is 4.87. The first kappa shape index (κ1) is 12.7. The Morgan fingerprint density at radius 3 is 2.75 bits per heavy atom. The number of carbonyl (C=O) groups excluding carboxylic acids is 1. The molecule has 2 aromatic rings. The number of aromatic nitrogens is 1. The molecular formula is C16H17N3O. The third-order valence-corrected chi connectivity index (χ3v) is 3.63. The molecule has 3 rings (SSSR count). The van der Waals surface area contributed by atoms with Crippen molar-refractivity contribution in [2.24, 2.45) is 4.99 Å². The number of anilines is 1. The maximum absolute atomic E-state index is 11.8. The van der Waals surface area contributed by atoms with Crippen molar-refractivity contribution in [3.05, 3.63) is 53.3 Å². The third kappa shape index (κ3) is 2.03. The van der Waals surface area contributed by atoms with Gasteiger partial charge in [-0.3, -0.25) is 9.79 Å². The van der Waals surface area contributed by atoms with Gasteiger partial charge in [-0.1, -0.05) is 30.3 Å². The van der Waals surface area contributed by atoms with Crippen LogP contribution in [0.4, 0.5) is 5.69 Å². The van der Waals surface area contributed by atoms with E-state index < -0.39 is 0 Å². The molecule has 102 valence electrons. The first-order valence-electron chi connectivity index (χ1n) is 6.80. The molecule has 1 amide bonds. The van der Waals surface area contributed by atoms with Crippen LogP contribution in [0.3, 0.4) is 0 Å². The van der Waals surface area contributed by atoms with Gasteiger partial charge in [0.1, 0.15) is 6.54 Å². The Balaban J connectivity index is 2.21. The molecule has 0 unspecified atom stereocenters. The number of hydrogen-bond acceptors (Lipinski definition) is 2. The molecule has 1 aromatic heterocycles. The number of fused-ring (bicyclic) bond motifs is 1. The van der Waals surface area contributed by atoms with E-state index in [9.17, 15) is 4.79 Å². The van der Waals surface area contributed by atoms with Gasteiger partial charge in [0, 0.05) is 29.6 Å². The first-order valence-corrected chi connectivity index (χ1v) is 6.80. The molecule has 0 bridgehead atoms. The Kier molecular flexibility index (Phi) is 3.14. The van der Waals surface area contributed by atoms with Crippen LogP contribution in [0.15, 0.2) is 41.5 Å². The average molecular weight is 267 g/mol. The minimum atomic E-state index is -0.0644. The summed E-state index contributed by atoms with van der Waals surface area (Å²) in [5, 5.41) is 2.94. The van der Waals surface area contributed by atoms with Crippen LogP contribution < -0.4 is 5.32 Å². The normalized spacial score (nSPS) is 14.3. The standard InChI is InChI=1S/C16H17N3O/c1-3-19-10-13-15(11(19)2)16(17-9-14(20)18-13)12-7-5-4-6-8-12/h4-8,10H,3,9H2,1-2H3,(H,18,20). The molecule has 0 aliphatic carbocycles. The van der Waals surface area contributed by atoms with Crippen LogP contribution in [0.2, 0.25) is 0 Å². The Hall–Kier alpha value is -2.36. The zero-order valence-corrected chi connectivity index (χ0v) is 11.7. The van der Waals surface area contributed by atoms with E-state index in [4.69, 9.17) is 0 Å². The summed E-state index contributed by atoms with van der Waals surface area (Å²) in [5.41, 5.74) is 4.96. The number of nitrogens with one attached hydrogen (secondary N) is 1. The molecule has 0 saturated carbocycles. The van der Waals surface area contributed by atoms with E-state index in [2.05, 4.69) is 28.7 Å². The molecule has 0 saturated heterocycles. The number of aliphatic imine (C=N–C) groups is 1. The van der Waals surface area contributed by atoms with Gasteiger partial charge >= 0.3 is 0 Å². The van der Waals surface area contributed by atoms with Crippen molar-refractivity contribution in [1.29, 1.82) is 0 Å². The highest BCUT2D eigenvalue weighted by Crippen LogP contribution is 2.27. The molecule has 4 heteroatoms. The highest BCUT2D eigenvalue weighted by atomic mass is 16.1. The molecule has 0 fully saturated rings. The van der Waals surface area contributed by atoms with E-state index in [1.165, 1.54) is 0 Å². The van der Waals surface area contributed by atoms with Crippen molar-refractivity contribution in [2.75, 3.05) is 11.9 Å². The van der Waals surface area contributed by atoms with Crippen molar-refractivity contribution >= 4 is 17.3 Å². The molecule has 0 atom stereocenters. The number of hydrogen-bond donors (Lipinski definition) is 1. The predicted molar refractivity (Wildman–Crippen MR) is 80.4 cm³/mol. The third-order valence-electron chi connectivity index (χ3n) is 3.63. The molecule has 0 spiro atoms. The number of rotatable bonds is 2. The smallest absolute Gasteiger partial charge is 0.246 e. The van der Waals surface area contributed by atoms with Crippen LogP contribution in [-0.4, -0.2) is 22.7 Å². The van der Waals surface area contributed by atoms with Crippen LogP contribution in [0, 0.1) is 6.92 Å². The van der Waals surface area contributed by atoms with Crippen LogP contribution in [0.25, 0.3) is 0 Å². The minimum absolute atomic E-state index is 0.0644. The summed E-state index contributed by atoms with van der Waals surface area (Å²) in [5.74, 6) is -0.0644. The van der Waals surface area contributed by atoms with Crippen LogP contribution in [0.1, 0.15) is 23.7 Å². The Morgan fingerprint density at radius 1 is 1.30 bits per heavy atom. The van der Waals surface area contributed by atoms with Crippen molar-refractivity contribution in [2.45, 2.75) is 20.4 Å². The highest BCUT2D eigenvalue weighted by molar-refractivity contribution is 6.19. The van der Waals surface area contributed by atoms with Gasteiger partial charge < -0.3 is 9.88 Å². The molecule has 20 heavy (non-hydrogen) atoms. The molecule has 0 radical (unpaired) electrons. The van der Waals surface area contributed by atoms with Crippen LogP contribution in [-0.2, 0) is 11.3 Å². The van der Waals surface area contributed by atoms with E-state index in [0.29, 0.717) is 0 Å². The fourth-order valence-corrected chi connectivity index (χ4v) is 2.63. The number of aryl methyl sites for hydroxylation is 1. The summed E-state index contributed by atoms with van der Waals surface area (Å²) < 4.78 is 2.13. The molecule has 1 aliphatic rings. The quantitative estimate of drug-likeness (QED) is 0.893. The van der Waals surface area contributed by atoms with Crippen LogP contribution >= 0.6 is 0 Å². The van der Waals surface area contributed by atoms with Gasteiger partial charge in [-0.25, -0.2) is 0 Å². The van der Waals surface area contributed by atoms with Crippen molar-refractivity contribution in [1.82, 2.24) is 4.57 Å². The van der Waals surface area contributed by atoms with E-state index in [1.54, 1.807) is 0 Å². The Bertz CT molecular complexity index is 683. The molecule has 2 heterocycles. The van der Waals surface area contributed by atoms with Gasteiger partial charge in [-0.15, -0.1) is 0 Å². The van der Waals surface area contributed by atoms with Gasteiger partial charge in [0.2, 0.25) is 5.91 Å². The van der Waals surface area contributed by atoms with Gasteiger partial charge in [0.15, 0.2) is 0 Å². The topological polar surface area (TPSA) is 46.4 Å². The lowest BCUT2D eigenvalue weighted by Crippen LogP contribution is -2.13. The van der Waals surface area contributed by atoms with Crippen molar-refractivity contribution < 1.29 is 4.79 Å². The van der Waals surface area contributed by atoms with E-state index >= 15 is 0 Å². The Morgan fingerprint density at radius 2 is 2.05 bits per heavy atom. The number of nitrogens with zero attached hydrogens (tertiary/aromatic N) is 2. The molecule has 1 aliphatic heterocycles. The lowest BCUT2D eigenvalue weighted by molar-refractivity contribution is -0.114. The summed E-state index contributed by atoms with van der Waals surface area (Å²) >= 11 is 0. The van der Waals surface area contributed by atoms with Gasteiger partial charge in [-0.2, -0.15) is 0 Å². The monoisotopic (exact) mass is 267 g/mol. The zero-order chi connectivity index (χ0) is 14.1. The summed E-state index contributed by atoms with van der Waals surface area (Å²) in [6, 6.07) is 10.0. The largest absolute Gasteiger partial charge is 0.349 e. The molecule has 4 nitrogen and oxygen atoms in total. The predicted octanol–water partition coefficient (Wildman–Crippen LogP) is 2.61. The Labute approximate surface area is 118 Å². The van der Waals surface area contributed by atoms with Crippen molar-refractivity contribution in [3.63, 3.8) is 0 Å². The highest BCUT2D eigenvalue weighted by Gasteiger charge is 2.22. The molecular weight excluding hydrogens is 250 g/mol. The molecule has 1 aromatic carbocycles. The summed E-state index contributed by atoms with van der Waals surface area (Å²) in [7, 11) is 0. The zero-order valence-electron chi connectivity index (χ0n) is 11.7. The lowest BCUT2D eigenvalue weighted by atomic mass is 10.0. The minimum Gasteiger partial charge on any atom is -0.349 e. The number of benzene rings is 1. The summed E-state index contributed by atoms with van der Waals surface area (Å²) in [6.45, 7) is 5.20. The van der Waals surface area contributed by atoms with E-state index in [0.717, 1.165) is 34.8 Å². The van der Waals surface area contributed by atoms with Gasteiger partial charge in [0.25, 0.3) is 0 Å². The van der Waals surface area contributed by atoms with E-state index in [-0.39, 0.29) is 12.5 Å². The summed E-state index contributed by atoms with van der Waals surface area (Å²) in [4.78, 5) is 16.3. The average Bonchev–Trinajstić information content (AvgIpc) is 2.67. The van der Waals surface area contributed by atoms with Gasteiger partial charge in [0.05, 0.1) is 11.4 Å². The number of carbonyl (C=O) groups is 1. The number of amides is 1. The first-order chi connectivity index (χ1) is 9.70. The fourth-order valence-electron chi connectivity index (χ4n) is 2.63. The summed E-state index contributed by atoms with van der Waals surface area (Å²) in [6.07, 6.45) is 1.99. The SMILES string of the molecule is CCn1cc2c(c1C)C(c1ccccc1)=NCC(=O)N2. The molecule has 1 N–H and O–H groups in total. The maximum Gasteiger partial charge on any atom is 0.246 e. The van der Waals surface area contributed by atoms with Gasteiger partial charge in [-0.05, 0) is 13.8 Å².